The molecular weight excluding hydrogens is 236 g/mol. The van der Waals surface area contributed by atoms with Gasteiger partial charge in [0.2, 0.25) is 5.91 Å². The maximum atomic E-state index is 12.1. The van der Waals surface area contributed by atoms with Crippen LogP contribution in [0.3, 0.4) is 0 Å². The van der Waals surface area contributed by atoms with Crippen LogP contribution in [-0.2, 0) is 4.79 Å². The van der Waals surface area contributed by atoms with Crippen molar-refractivity contribution in [3.8, 4) is 0 Å². The molecule has 0 aromatic carbocycles. The number of hydrogen-bond donors (Lipinski definition) is 2. The minimum absolute atomic E-state index is 0.262. The molecule has 1 saturated carbocycles. The average Bonchev–Trinajstić information content (AvgIpc) is 2.39. The summed E-state index contributed by atoms with van der Waals surface area (Å²) in [5, 5.41) is 6.63. The van der Waals surface area contributed by atoms with Crippen LogP contribution in [0.2, 0.25) is 0 Å². The molecular formula is C16H30N2O. The largest absolute Gasteiger partial charge is 0.356 e. The lowest BCUT2D eigenvalue weighted by atomic mass is 9.67. The fourth-order valence-corrected chi connectivity index (χ4v) is 3.51. The van der Waals surface area contributed by atoms with Crippen LogP contribution >= 0.6 is 0 Å². The third-order valence-electron chi connectivity index (χ3n) is 5.47. The molecule has 1 saturated heterocycles. The Hall–Kier alpha value is -0.570. The molecule has 2 fully saturated rings. The smallest absolute Gasteiger partial charge is 0.220 e. The van der Waals surface area contributed by atoms with E-state index < -0.39 is 0 Å². The fraction of sp³-hybridized carbons (Fsp3) is 0.938. The van der Waals surface area contributed by atoms with Gasteiger partial charge in [0, 0.05) is 13.0 Å². The van der Waals surface area contributed by atoms with E-state index in [4.69, 9.17) is 0 Å². The Balaban J connectivity index is 1.68. The van der Waals surface area contributed by atoms with Crippen molar-refractivity contribution in [2.24, 2.45) is 17.3 Å². The SMILES string of the molecule is CCC1(CNC(=O)CC(C)C2CCCNC2)CCC1. The number of carbonyl (C=O) groups is 1. The molecule has 1 aliphatic carbocycles. The zero-order valence-corrected chi connectivity index (χ0v) is 12.6. The third kappa shape index (κ3) is 3.95. The van der Waals surface area contributed by atoms with Crippen molar-refractivity contribution in [1.82, 2.24) is 10.6 Å². The first kappa shape index (κ1) is 14.8. The van der Waals surface area contributed by atoms with E-state index in [9.17, 15) is 4.79 Å². The summed E-state index contributed by atoms with van der Waals surface area (Å²) < 4.78 is 0. The van der Waals surface area contributed by atoms with Gasteiger partial charge in [-0.2, -0.15) is 0 Å². The molecule has 2 rings (SSSR count). The second-order valence-corrected chi connectivity index (χ2v) is 6.77. The molecule has 3 nitrogen and oxygen atoms in total. The van der Waals surface area contributed by atoms with Crippen LogP contribution in [0.5, 0.6) is 0 Å². The number of hydrogen-bond acceptors (Lipinski definition) is 2. The highest BCUT2D eigenvalue weighted by molar-refractivity contribution is 5.76. The Bertz CT molecular complexity index is 288. The molecule has 0 aromatic rings. The Morgan fingerprint density at radius 1 is 1.42 bits per heavy atom. The Labute approximate surface area is 117 Å². The first-order valence-electron chi connectivity index (χ1n) is 8.13. The van der Waals surface area contributed by atoms with Crippen LogP contribution in [0, 0.1) is 17.3 Å². The van der Waals surface area contributed by atoms with E-state index in [1.165, 1.54) is 38.5 Å². The van der Waals surface area contributed by atoms with Crippen molar-refractivity contribution in [1.29, 1.82) is 0 Å². The first-order valence-corrected chi connectivity index (χ1v) is 8.13. The number of carbonyl (C=O) groups excluding carboxylic acids is 1. The fourth-order valence-electron chi connectivity index (χ4n) is 3.51. The number of rotatable bonds is 6. The van der Waals surface area contributed by atoms with Crippen LogP contribution in [0.25, 0.3) is 0 Å². The van der Waals surface area contributed by atoms with E-state index in [2.05, 4.69) is 24.5 Å². The van der Waals surface area contributed by atoms with Gasteiger partial charge in [-0.05, 0) is 62.4 Å². The van der Waals surface area contributed by atoms with E-state index in [-0.39, 0.29) is 5.91 Å². The molecule has 1 aliphatic heterocycles. The Kier molecular flexibility index (Phi) is 5.26. The van der Waals surface area contributed by atoms with Gasteiger partial charge in [-0.15, -0.1) is 0 Å². The Morgan fingerprint density at radius 2 is 2.21 bits per heavy atom. The van der Waals surface area contributed by atoms with Crippen molar-refractivity contribution < 1.29 is 4.79 Å². The lowest BCUT2D eigenvalue weighted by Gasteiger charge is -2.41. The average molecular weight is 266 g/mol. The highest BCUT2D eigenvalue weighted by Crippen LogP contribution is 2.43. The van der Waals surface area contributed by atoms with Gasteiger partial charge in [0.1, 0.15) is 0 Å². The number of nitrogens with one attached hydrogen (secondary N) is 2. The predicted octanol–water partition coefficient (Wildman–Crippen LogP) is 2.71. The van der Waals surface area contributed by atoms with E-state index in [0.29, 0.717) is 23.7 Å². The van der Waals surface area contributed by atoms with Crippen LogP contribution in [0.15, 0.2) is 0 Å². The molecule has 110 valence electrons. The normalized spacial score (nSPS) is 27.4. The van der Waals surface area contributed by atoms with Crippen molar-refractivity contribution in [3.63, 3.8) is 0 Å². The maximum Gasteiger partial charge on any atom is 0.220 e. The summed E-state index contributed by atoms with van der Waals surface area (Å²) in [6, 6.07) is 0. The summed E-state index contributed by atoms with van der Waals surface area (Å²) in [5.41, 5.74) is 0.436. The van der Waals surface area contributed by atoms with Gasteiger partial charge in [-0.1, -0.05) is 20.3 Å². The van der Waals surface area contributed by atoms with Crippen molar-refractivity contribution in [3.05, 3.63) is 0 Å². The van der Waals surface area contributed by atoms with Gasteiger partial charge in [0.25, 0.3) is 0 Å². The molecule has 2 unspecified atom stereocenters. The molecule has 0 aromatic heterocycles. The highest BCUT2D eigenvalue weighted by Gasteiger charge is 2.35. The summed E-state index contributed by atoms with van der Waals surface area (Å²) in [6.45, 7) is 7.62. The van der Waals surface area contributed by atoms with Gasteiger partial charge in [-0.3, -0.25) is 4.79 Å². The minimum atomic E-state index is 0.262. The molecule has 19 heavy (non-hydrogen) atoms. The molecule has 2 N–H and O–H groups in total. The quantitative estimate of drug-likeness (QED) is 0.776. The van der Waals surface area contributed by atoms with Crippen LogP contribution < -0.4 is 10.6 Å². The lowest BCUT2D eigenvalue weighted by Crippen LogP contribution is -2.42. The van der Waals surface area contributed by atoms with E-state index >= 15 is 0 Å². The van der Waals surface area contributed by atoms with Gasteiger partial charge in [0.05, 0.1) is 0 Å². The second kappa shape index (κ2) is 6.74. The number of piperidine rings is 1. The molecule has 0 spiro atoms. The predicted molar refractivity (Wildman–Crippen MR) is 79.0 cm³/mol. The van der Waals surface area contributed by atoms with E-state index in [0.717, 1.165) is 19.6 Å². The lowest BCUT2D eigenvalue weighted by molar-refractivity contribution is -0.123. The van der Waals surface area contributed by atoms with Crippen LogP contribution in [0.4, 0.5) is 0 Å². The first-order chi connectivity index (χ1) is 9.15. The summed E-state index contributed by atoms with van der Waals surface area (Å²) in [7, 11) is 0. The Morgan fingerprint density at radius 3 is 2.74 bits per heavy atom. The molecule has 3 heteroatoms. The molecule has 2 atom stereocenters. The van der Waals surface area contributed by atoms with Crippen molar-refractivity contribution in [2.45, 2.75) is 58.8 Å². The van der Waals surface area contributed by atoms with Crippen molar-refractivity contribution in [2.75, 3.05) is 19.6 Å². The molecule has 2 aliphatic rings. The van der Waals surface area contributed by atoms with Gasteiger partial charge >= 0.3 is 0 Å². The molecule has 0 bridgehead atoms. The zero-order chi connectivity index (χ0) is 13.7. The molecule has 0 radical (unpaired) electrons. The summed E-state index contributed by atoms with van der Waals surface area (Å²) in [6.07, 6.45) is 8.38. The van der Waals surface area contributed by atoms with Gasteiger partial charge in [-0.25, -0.2) is 0 Å². The van der Waals surface area contributed by atoms with Crippen LogP contribution in [0.1, 0.15) is 58.8 Å². The van der Waals surface area contributed by atoms with Crippen molar-refractivity contribution >= 4 is 5.91 Å². The maximum absolute atomic E-state index is 12.1. The molecule has 1 amide bonds. The van der Waals surface area contributed by atoms with E-state index in [1.54, 1.807) is 0 Å². The number of amides is 1. The highest BCUT2D eigenvalue weighted by atomic mass is 16.1. The monoisotopic (exact) mass is 266 g/mol. The van der Waals surface area contributed by atoms with Gasteiger partial charge in [0.15, 0.2) is 0 Å². The topological polar surface area (TPSA) is 41.1 Å². The summed E-state index contributed by atoms with van der Waals surface area (Å²) in [5.74, 6) is 1.45. The second-order valence-electron chi connectivity index (χ2n) is 6.77. The summed E-state index contributed by atoms with van der Waals surface area (Å²) >= 11 is 0. The molecule has 1 heterocycles. The van der Waals surface area contributed by atoms with Crippen LogP contribution in [-0.4, -0.2) is 25.5 Å². The summed E-state index contributed by atoms with van der Waals surface area (Å²) in [4.78, 5) is 12.1. The zero-order valence-electron chi connectivity index (χ0n) is 12.6. The standard InChI is InChI=1S/C16H30N2O/c1-3-16(7-5-8-16)12-18-15(19)10-13(2)14-6-4-9-17-11-14/h13-14,17H,3-12H2,1-2H3,(H,18,19). The third-order valence-corrected chi connectivity index (χ3v) is 5.47. The van der Waals surface area contributed by atoms with Gasteiger partial charge < -0.3 is 10.6 Å². The minimum Gasteiger partial charge on any atom is -0.356 e. The van der Waals surface area contributed by atoms with E-state index in [1.807, 2.05) is 0 Å².